The summed E-state index contributed by atoms with van der Waals surface area (Å²) >= 11 is 0. The first kappa shape index (κ1) is 16.3. The predicted octanol–water partition coefficient (Wildman–Crippen LogP) is 2.52. The molecule has 0 spiro atoms. The van der Waals surface area contributed by atoms with Gasteiger partial charge in [0.2, 0.25) is 0 Å². The minimum Gasteiger partial charge on any atom is -0.465 e. The second kappa shape index (κ2) is 7.26. The Morgan fingerprint density at radius 2 is 1.83 bits per heavy atom. The van der Waals surface area contributed by atoms with Crippen molar-refractivity contribution in [1.82, 2.24) is 5.43 Å². The molecule has 0 aliphatic carbocycles. The first-order valence-electron chi connectivity index (χ1n) is 6.48. The highest BCUT2D eigenvalue weighted by molar-refractivity contribution is 5.95. The van der Waals surface area contributed by atoms with Crippen LogP contribution in [0.3, 0.4) is 0 Å². The van der Waals surface area contributed by atoms with Crippen molar-refractivity contribution in [3.05, 3.63) is 70.8 Å². The average molecular weight is 318 g/mol. The smallest absolute Gasteiger partial charge is 0.340 e. The normalized spacial score (nSPS) is 10.6. The fourth-order valence-corrected chi connectivity index (χ4v) is 1.76. The number of rotatable bonds is 4. The summed E-state index contributed by atoms with van der Waals surface area (Å²) in [5.74, 6) is -2.97. The zero-order valence-corrected chi connectivity index (χ0v) is 12.0. The fourth-order valence-electron chi connectivity index (χ4n) is 1.76. The maximum atomic E-state index is 13.7. The van der Waals surface area contributed by atoms with Gasteiger partial charge in [-0.25, -0.2) is 19.0 Å². The molecule has 0 fully saturated rings. The van der Waals surface area contributed by atoms with Crippen LogP contribution in [0.1, 0.15) is 26.3 Å². The number of carbonyl (C=O) groups is 2. The first-order chi connectivity index (χ1) is 11.0. The van der Waals surface area contributed by atoms with Gasteiger partial charge in [0.25, 0.3) is 5.91 Å². The molecule has 0 saturated carbocycles. The van der Waals surface area contributed by atoms with Crippen molar-refractivity contribution >= 4 is 18.1 Å². The van der Waals surface area contributed by atoms with Gasteiger partial charge >= 0.3 is 5.97 Å². The topological polar surface area (TPSA) is 67.8 Å². The molecule has 5 nitrogen and oxygen atoms in total. The summed E-state index contributed by atoms with van der Waals surface area (Å²) in [5.41, 5.74) is 2.08. The molecule has 1 amide bonds. The van der Waals surface area contributed by atoms with Gasteiger partial charge in [0, 0.05) is 0 Å². The molecule has 0 radical (unpaired) electrons. The van der Waals surface area contributed by atoms with Gasteiger partial charge in [0.05, 0.1) is 24.5 Å². The standard InChI is InChI=1S/C16H12F2N2O3/c1-23-16(22)12-7-6-10(8-14(12)18)9-19-20-15(21)11-4-2-3-5-13(11)17/h2-9H,1H3,(H,20,21)/b19-9+. The number of benzene rings is 2. The van der Waals surface area contributed by atoms with E-state index in [1.807, 2.05) is 0 Å². The van der Waals surface area contributed by atoms with E-state index in [0.29, 0.717) is 5.56 Å². The maximum absolute atomic E-state index is 13.7. The maximum Gasteiger partial charge on any atom is 0.340 e. The van der Waals surface area contributed by atoms with E-state index < -0.39 is 23.5 Å². The Bertz CT molecular complexity index is 776. The quantitative estimate of drug-likeness (QED) is 0.535. The van der Waals surface area contributed by atoms with E-state index in [0.717, 1.165) is 19.2 Å². The van der Waals surface area contributed by atoms with E-state index in [-0.39, 0.29) is 11.1 Å². The minimum atomic E-state index is -0.793. The Hall–Kier alpha value is -3.09. The summed E-state index contributed by atoms with van der Waals surface area (Å²) in [4.78, 5) is 23.0. The van der Waals surface area contributed by atoms with Crippen molar-refractivity contribution < 1.29 is 23.1 Å². The van der Waals surface area contributed by atoms with E-state index in [2.05, 4.69) is 15.3 Å². The van der Waals surface area contributed by atoms with Crippen LogP contribution in [0.4, 0.5) is 8.78 Å². The zero-order chi connectivity index (χ0) is 16.8. The van der Waals surface area contributed by atoms with Crippen molar-refractivity contribution in [3.8, 4) is 0 Å². The van der Waals surface area contributed by atoms with Crippen LogP contribution in [-0.2, 0) is 4.74 Å². The Kier molecular flexibility index (Phi) is 5.14. The highest BCUT2D eigenvalue weighted by Crippen LogP contribution is 2.10. The lowest BCUT2D eigenvalue weighted by Gasteiger charge is -2.02. The molecule has 23 heavy (non-hydrogen) atoms. The van der Waals surface area contributed by atoms with Gasteiger partial charge < -0.3 is 4.74 Å². The van der Waals surface area contributed by atoms with Crippen LogP contribution in [0.5, 0.6) is 0 Å². The van der Waals surface area contributed by atoms with Crippen LogP contribution in [0.25, 0.3) is 0 Å². The van der Waals surface area contributed by atoms with E-state index in [1.54, 1.807) is 0 Å². The van der Waals surface area contributed by atoms with Gasteiger partial charge in [0.1, 0.15) is 11.6 Å². The summed E-state index contributed by atoms with van der Waals surface area (Å²) < 4.78 is 31.5. The molecule has 2 aromatic carbocycles. The van der Waals surface area contributed by atoms with Crippen molar-refractivity contribution in [2.24, 2.45) is 5.10 Å². The number of esters is 1. The van der Waals surface area contributed by atoms with Gasteiger partial charge in [0.15, 0.2) is 0 Å². The number of carbonyl (C=O) groups excluding carboxylic acids is 2. The van der Waals surface area contributed by atoms with Crippen LogP contribution in [-0.4, -0.2) is 25.2 Å². The fraction of sp³-hybridized carbons (Fsp3) is 0.0625. The molecule has 0 aliphatic heterocycles. The number of ether oxygens (including phenoxy) is 1. The van der Waals surface area contributed by atoms with Gasteiger partial charge in [-0.05, 0) is 29.8 Å². The molecule has 7 heteroatoms. The van der Waals surface area contributed by atoms with E-state index in [4.69, 9.17) is 0 Å². The summed E-state index contributed by atoms with van der Waals surface area (Å²) in [7, 11) is 1.15. The second-order valence-corrected chi connectivity index (χ2v) is 4.41. The monoisotopic (exact) mass is 318 g/mol. The second-order valence-electron chi connectivity index (χ2n) is 4.41. The molecule has 0 aliphatic rings. The van der Waals surface area contributed by atoms with Crippen molar-refractivity contribution in [2.45, 2.75) is 0 Å². The number of hydrogen-bond acceptors (Lipinski definition) is 4. The zero-order valence-electron chi connectivity index (χ0n) is 12.0. The van der Waals surface area contributed by atoms with Gasteiger partial charge in [-0.3, -0.25) is 4.79 Å². The Balaban J connectivity index is 2.06. The van der Waals surface area contributed by atoms with Crippen LogP contribution in [0.15, 0.2) is 47.6 Å². The molecule has 0 aromatic heterocycles. The molecular formula is C16H12F2N2O3. The third-order valence-electron chi connectivity index (χ3n) is 2.90. The molecular weight excluding hydrogens is 306 g/mol. The molecule has 2 aromatic rings. The molecule has 0 atom stereocenters. The van der Waals surface area contributed by atoms with E-state index in [1.165, 1.54) is 36.5 Å². The van der Waals surface area contributed by atoms with Gasteiger partial charge in [-0.1, -0.05) is 18.2 Å². The molecule has 1 N–H and O–H groups in total. The van der Waals surface area contributed by atoms with Crippen molar-refractivity contribution in [3.63, 3.8) is 0 Å². The highest BCUT2D eigenvalue weighted by atomic mass is 19.1. The lowest BCUT2D eigenvalue weighted by molar-refractivity contribution is 0.0595. The van der Waals surface area contributed by atoms with Crippen LogP contribution >= 0.6 is 0 Å². The highest BCUT2D eigenvalue weighted by Gasteiger charge is 2.12. The number of nitrogens with zero attached hydrogens (tertiary/aromatic N) is 1. The molecule has 0 saturated heterocycles. The van der Waals surface area contributed by atoms with Crippen LogP contribution in [0.2, 0.25) is 0 Å². The lowest BCUT2D eigenvalue weighted by atomic mass is 10.1. The van der Waals surface area contributed by atoms with Gasteiger partial charge in [-0.2, -0.15) is 5.10 Å². The minimum absolute atomic E-state index is 0.156. The third-order valence-corrected chi connectivity index (χ3v) is 2.90. The molecule has 118 valence electrons. The number of halogens is 2. The van der Waals surface area contributed by atoms with E-state index in [9.17, 15) is 18.4 Å². The number of amides is 1. The molecule has 0 unspecified atom stereocenters. The predicted molar refractivity (Wildman–Crippen MR) is 79.2 cm³/mol. The van der Waals surface area contributed by atoms with Crippen molar-refractivity contribution in [1.29, 1.82) is 0 Å². The lowest BCUT2D eigenvalue weighted by Crippen LogP contribution is -2.18. The number of hydrazone groups is 1. The third kappa shape index (κ3) is 3.97. The van der Waals surface area contributed by atoms with Crippen LogP contribution in [0, 0.1) is 11.6 Å². The first-order valence-corrected chi connectivity index (χ1v) is 6.48. The number of methoxy groups -OCH3 is 1. The van der Waals surface area contributed by atoms with Crippen molar-refractivity contribution in [2.75, 3.05) is 7.11 Å². The Morgan fingerprint density at radius 1 is 1.09 bits per heavy atom. The number of nitrogens with one attached hydrogen (secondary N) is 1. The average Bonchev–Trinajstić information content (AvgIpc) is 2.54. The van der Waals surface area contributed by atoms with Gasteiger partial charge in [-0.15, -0.1) is 0 Å². The number of hydrogen-bond donors (Lipinski definition) is 1. The van der Waals surface area contributed by atoms with E-state index >= 15 is 0 Å². The summed E-state index contributed by atoms with van der Waals surface area (Å²) in [5, 5.41) is 3.62. The molecule has 0 bridgehead atoms. The summed E-state index contributed by atoms with van der Waals surface area (Å²) in [6.45, 7) is 0. The summed E-state index contributed by atoms with van der Waals surface area (Å²) in [6.07, 6.45) is 1.17. The molecule has 0 heterocycles. The van der Waals surface area contributed by atoms with Crippen LogP contribution < -0.4 is 5.43 Å². The Labute approximate surface area is 130 Å². The molecule has 2 rings (SSSR count). The SMILES string of the molecule is COC(=O)c1ccc(/C=N/NC(=O)c2ccccc2F)cc1F. The Morgan fingerprint density at radius 3 is 2.48 bits per heavy atom. The largest absolute Gasteiger partial charge is 0.465 e. The summed E-state index contributed by atoms with van der Waals surface area (Å²) in [6, 6.07) is 9.16.